The van der Waals surface area contributed by atoms with Crippen LogP contribution in [0.15, 0.2) is 53.6 Å². The molecule has 21 heavy (non-hydrogen) atoms. The van der Waals surface area contributed by atoms with Gasteiger partial charge in [0.1, 0.15) is 5.69 Å². The molecule has 0 fully saturated rings. The lowest BCUT2D eigenvalue weighted by atomic mass is 10.2. The number of hydrogen-bond acceptors (Lipinski definition) is 5. The molecule has 0 unspecified atom stereocenters. The molecule has 0 bridgehead atoms. The maximum atomic E-state index is 10.9. The van der Waals surface area contributed by atoms with Gasteiger partial charge < -0.3 is 4.90 Å². The number of anilines is 2. The number of nitro benzene ring substituents is 1. The van der Waals surface area contributed by atoms with E-state index in [1.807, 2.05) is 43.3 Å². The van der Waals surface area contributed by atoms with Crippen molar-refractivity contribution in [2.75, 3.05) is 24.4 Å². The lowest BCUT2D eigenvalue weighted by molar-refractivity contribution is -0.384. The van der Waals surface area contributed by atoms with E-state index in [1.54, 1.807) is 24.4 Å². The van der Waals surface area contributed by atoms with Gasteiger partial charge in [-0.25, -0.2) is 0 Å². The molecule has 6 heteroatoms. The van der Waals surface area contributed by atoms with Crippen molar-refractivity contribution in [1.29, 1.82) is 0 Å². The molecule has 0 aliphatic carbocycles. The van der Waals surface area contributed by atoms with Crippen LogP contribution in [0.2, 0.25) is 0 Å². The molecule has 0 saturated heterocycles. The zero-order chi connectivity index (χ0) is 15.2. The second-order valence-electron chi connectivity index (χ2n) is 4.63. The first kappa shape index (κ1) is 14.5. The fourth-order valence-electron chi connectivity index (χ4n) is 1.76. The molecule has 1 N–H and O–H groups in total. The van der Waals surface area contributed by atoms with Gasteiger partial charge in [-0.1, -0.05) is 24.3 Å². The van der Waals surface area contributed by atoms with Gasteiger partial charge in [-0.05, 0) is 23.8 Å². The number of rotatable bonds is 5. The largest absolute Gasteiger partial charge is 0.378 e. The Morgan fingerprint density at radius 3 is 2.43 bits per heavy atom. The van der Waals surface area contributed by atoms with Crippen LogP contribution in [-0.2, 0) is 0 Å². The van der Waals surface area contributed by atoms with Gasteiger partial charge in [-0.15, -0.1) is 0 Å². The van der Waals surface area contributed by atoms with Crippen molar-refractivity contribution < 1.29 is 4.92 Å². The molecule has 0 aromatic heterocycles. The molecule has 0 aliphatic rings. The van der Waals surface area contributed by atoms with Gasteiger partial charge in [0, 0.05) is 25.8 Å². The minimum absolute atomic E-state index is 0.00222. The van der Waals surface area contributed by atoms with Gasteiger partial charge in [0.2, 0.25) is 0 Å². The fourth-order valence-corrected chi connectivity index (χ4v) is 1.76. The highest BCUT2D eigenvalue weighted by Gasteiger charge is 2.10. The second kappa shape index (κ2) is 6.51. The highest BCUT2D eigenvalue weighted by atomic mass is 16.6. The van der Waals surface area contributed by atoms with Crippen LogP contribution in [0.25, 0.3) is 0 Å². The third-order valence-corrected chi connectivity index (χ3v) is 2.91. The van der Waals surface area contributed by atoms with Crippen LogP contribution < -0.4 is 10.3 Å². The highest BCUT2D eigenvalue weighted by Crippen LogP contribution is 2.22. The van der Waals surface area contributed by atoms with Gasteiger partial charge in [-0.2, -0.15) is 5.10 Å². The van der Waals surface area contributed by atoms with E-state index >= 15 is 0 Å². The summed E-state index contributed by atoms with van der Waals surface area (Å²) < 4.78 is 0. The highest BCUT2D eigenvalue weighted by molar-refractivity contribution is 5.81. The van der Waals surface area contributed by atoms with E-state index in [2.05, 4.69) is 10.5 Å². The zero-order valence-electron chi connectivity index (χ0n) is 11.9. The molecule has 2 rings (SSSR count). The summed E-state index contributed by atoms with van der Waals surface area (Å²) in [5, 5.41) is 14.9. The van der Waals surface area contributed by atoms with Crippen LogP contribution in [-0.4, -0.2) is 25.2 Å². The summed E-state index contributed by atoms with van der Waals surface area (Å²) in [6, 6.07) is 14.2. The van der Waals surface area contributed by atoms with E-state index in [0.717, 1.165) is 11.3 Å². The quantitative estimate of drug-likeness (QED) is 0.520. The molecule has 0 amide bonds. The number of para-hydroxylation sites is 2. The Morgan fingerprint density at radius 1 is 1.14 bits per heavy atom. The summed E-state index contributed by atoms with van der Waals surface area (Å²) in [5.74, 6) is 0. The Hall–Kier alpha value is -2.89. The smallest absolute Gasteiger partial charge is 0.294 e. The van der Waals surface area contributed by atoms with Crippen molar-refractivity contribution in [3.05, 3.63) is 64.2 Å². The SMILES string of the molecule is CN(C)c1ccc(/C=N\Nc2ccccc2[N+](=O)[O-])cc1. The first-order valence-corrected chi connectivity index (χ1v) is 6.38. The Bertz CT molecular complexity index is 651. The van der Waals surface area contributed by atoms with Crippen LogP contribution in [0.3, 0.4) is 0 Å². The van der Waals surface area contributed by atoms with Crippen LogP contribution in [0.5, 0.6) is 0 Å². The molecule has 0 radical (unpaired) electrons. The Kier molecular flexibility index (Phi) is 4.50. The lowest BCUT2D eigenvalue weighted by Crippen LogP contribution is -2.08. The average molecular weight is 284 g/mol. The van der Waals surface area contributed by atoms with Gasteiger partial charge in [-0.3, -0.25) is 15.5 Å². The Balaban J connectivity index is 2.07. The summed E-state index contributed by atoms with van der Waals surface area (Å²) in [7, 11) is 3.94. The number of hydrogen-bond donors (Lipinski definition) is 1. The van der Waals surface area contributed by atoms with Gasteiger partial charge in [0.05, 0.1) is 11.1 Å². The van der Waals surface area contributed by atoms with Crippen molar-refractivity contribution in [1.82, 2.24) is 0 Å². The van der Waals surface area contributed by atoms with E-state index in [1.165, 1.54) is 6.07 Å². The summed E-state index contributed by atoms with van der Waals surface area (Å²) in [5.41, 5.74) is 5.07. The molecule has 2 aromatic carbocycles. The summed E-state index contributed by atoms with van der Waals surface area (Å²) >= 11 is 0. The Morgan fingerprint density at radius 2 is 1.81 bits per heavy atom. The fraction of sp³-hybridized carbons (Fsp3) is 0.133. The van der Waals surface area contributed by atoms with Crippen LogP contribution in [0.4, 0.5) is 17.1 Å². The summed E-state index contributed by atoms with van der Waals surface area (Å²) in [4.78, 5) is 12.4. The monoisotopic (exact) mass is 284 g/mol. The number of nitrogens with zero attached hydrogens (tertiary/aromatic N) is 3. The van der Waals surface area contributed by atoms with Gasteiger partial charge in [0.15, 0.2) is 0 Å². The van der Waals surface area contributed by atoms with Crippen molar-refractivity contribution in [2.24, 2.45) is 5.10 Å². The molecule has 0 heterocycles. The van der Waals surface area contributed by atoms with Crippen LogP contribution in [0, 0.1) is 10.1 Å². The molecular formula is C15H16N4O2. The second-order valence-corrected chi connectivity index (χ2v) is 4.63. The predicted molar refractivity (Wildman–Crippen MR) is 85.1 cm³/mol. The molecule has 0 atom stereocenters. The van der Waals surface area contributed by atoms with Gasteiger partial charge in [0.25, 0.3) is 5.69 Å². The maximum Gasteiger partial charge on any atom is 0.294 e. The predicted octanol–water partition coefficient (Wildman–Crippen LogP) is 3.11. The van der Waals surface area contributed by atoms with E-state index in [9.17, 15) is 10.1 Å². The first-order valence-electron chi connectivity index (χ1n) is 6.38. The topological polar surface area (TPSA) is 70.8 Å². The average Bonchev–Trinajstić information content (AvgIpc) is 2.48. The third kappa shape index (κ3) is 3.79. The maximum absolute atomic E-state index is 10.9. The number of hydrazone groups is 1. The van der Waals surface area contributed by atoms with E-state index < -0.39 is 4.92 Å². The first-order chi connectivity index (χ1) is 10.1. The molecule has 108 valence electrons. The molecule has 0 aliphatic heterocycles. The molecule has 2 aromatic rings. The van der Waals surface area contributed by atoms with E-state index in [0.29, 0.717) is 5.69 Å². The molecular weight excluding hydrogens is 268 g/mol. The minimum atomic E-state index is -0.441. The number of benzene rings is 2. The molecule has 0 saturated carbocycles. The van der Waals surface area contributed by atoms with Crippen molar-refractivity contribution in [3.63, 3.8) is 0 Å². The van der Waals surface area contributed by atoms with Crippen LogP contribution in [0.1, 0.15) is 5.56 Å². The normalized spacial score (nSPS) is 10.6. The number of nitrogens with one attached hydrogen (secondary N) is 1. The summed E-state index contributed by atoms with van der Waals surface area (Å²) in [6.45, 7) is 0. The van der Waals surface area contributed by atoms with Crippen LogP contribution >= 0.6 is 0 Å². The molecule has 6 nitrogen and oxygen atoms in total. The third-order valence-electron chi connectivity index (χ3n) is 2.91. The van der Waals surface area contributed by atoms with Crippen molar-refractivity contribution >= 4 is 23.3 Å². The Labute approximate surface area is 122 Å². The zero-order valence-corrected chi connectivity index (χ0v) is 11.9. The standard InChI is InChI=1S/C15H16N4O2/c1-18(2)13-9-7-12(8-10-13)11-16-17-14-5-3-4-6-15(14)19(20)21/h3-11,17H,1-2H3/b16-11-. The number of nitro groups is 1. The minimum Gasteiger partial charge on any atom is -0.378 e. The van der Waals surface area contributed by atoms with Gasteiger partial charge >= 0.3 is 0 Å². The summed E-state index contributed by atoms with van der Waals surface area (Å²) in [6.07, 6.45) is 1.62. The van der Waals surface area contributed by atoms with E-state index in [4.69, 9.17) is 0 Å². The van der Waals surface area contributed by atoms with Crippen molar-refractivity contribution in [2.45, 2.75) is 0 Å². The lowest BCUT2D eigenvalue weighted by Gasteiger charge is -2.11. The van der Waals surface area contributed by atoms with Crippen molar-refractivity contribution in [3.8, 4) is 0 Å². The molecule has 0 spiro atoms. The van der Waals surface area contributed by atoms with E-state index in [-0.39, 0.29) is 5.69 Å².